The topological polar surface area (TPSA) is 33.2 Å². The van der Waals surface area contributed by atoms with Gasteiger partial charge in [0.05, 0.1) is 10.7 Å². The Hall–Kier alpha value is -0.610. The van der Waals surface area contributed by atoms with Gasteiger partial charge in [0.1, 0.15) is 4.88 Å². The summed E-state index contributed by atoms with van der Waals surface area (Å²) in [6, 6.07) is 0.172. The van der Waals surface area contributed by atoms with Crippen LogP contribution < -0.4 is 0 Å². The molecular formula is C12H17ClN2OS. The lowest BCUT2D eigenvalue weighted by Gasteiger charge is -2.24. The molecule has 5 heteroatoms. The van der Waals surface area contributed by atoms with E-state index < -0.39 is 0 Å². The maximum absolute atomic E-state index is 12.4. The van der Waals surface area contributed by atoms with Crippen molar-refractivity contribution in [2.24, 2.45) is 5.92 Å². The largest absolute Gasteiger partial charge is 0.333 e. The summed E-state index contributed by atoms with van der Waals surface area (Å²) >= 11 is 7.45. The Morgan fingerprint density at radius 2 is 2.29 bits per heavy atom. The minimum atomic E-state index is 0.100. The Morgan fingerprint density at radius 1 is 1.59 bits per heavy atom. The molecule has 0 bridgehead atoms. The summed E-state index contributed by atoms with van der Waals surface area (Å²) in [5.74, 6) is 1.11. The number of hydrogen-bond donors (Lipinski definition) is 0. The minimum Gasteiger partial charge on any atom is -0.333 e. The average Bonchev–Trinajstić information content (AvgIpc) is 2.80. The quantitative estimate of drug-likeness (QED) is 0.776. The molecule has 0 aromatic carbocycles. The van der Waals surface area contributed by atoms with Crippen LogP contribution in [0.1, 0.15) is 33.7 Å². The Morgan fingerprint density at radius 3 is 2.82 bits per heavy atom. The summed E-state index contributed by atoms with van der Waals surface area (Å²) in [6.07, 6.45) is 1.04. The third-order valence-electron chi connectivity index (χ3n) is 3.40. The molecule has 3 nitrogen and oxygen atoms in total. The zero-order chi connectivity index (χ0) is 12.6. The van der Waals surface area contributed by atoms with Crippen molar-refractivity contribution in [2.75, 3.05) is 12.4 Å². The standard InChI is InChI=1S/C12H17ClN2OS/c1-7-4-5-15(10(7)6-13)12(16)11-8(2)14-9(3)17-11/h7,10H,4-6H2,1-3H3. The number of aromatic nitrogens is 1. The number of likely N-dealkylation sites (tertiary alicyclic amines) is 1. The molecule has 1 aromatic heterocycles. The fourth-order valence-electron chi connectivity index (χ4n) is 2.36. The number of rotatable bonds is 2. The fourth-order valence-corrected chi connectivity index (χ4v) is 3.70. The van der Waals surface area contributed by atoms with Gasteiger partial charge in [-0.15, -0.1) is 22.9 Å². The second-order valence-corrected chi connectivity index (χ2v) is 6.15. The van der Waals surface area contributed by atoms with Crippen molar-refractivity contribution in [3.8, 4) is 0 Å². The molecule has 1 amide bonds. The van der Waals surface area contributed by atoms with Crippen LogP contribution >= 0.6 is 22.9 Å². The highest BCUT2D eigenvalue weighted by molar-refractivity contribution is 7.13. The van der Waals surface area contributed by atoms with Crippen molar-refractivity contribution in [2.45, 2.75) is 33.2 Å². The lowest BCUT2D eigenvalue weighted by molar-refractivity contribution is 0.0741. The monoisotopic (exact) mass is 272 g/mol. The van der Waals surface area contributed by atoms with Crippen LogP contribution in [0.15, 0.2) is 0 Å². The summed E-state index contributed by atoms with van der Waals surface area (Å²) in [5.41, 5.74) is 0.838. The van der Waals surface area contributed by atoms with E-state index in [0.717, 1.165) is 28.5 Å². The summed E-state index contributed by atoms with van der Waals surface area (Å²) in [6.45, 7) is 6.80. The number of aryl methyl sites for hydroxylation is 2. The first-order valence-corrected chi connectivity index (χ1v) is 7.20. The van der Waals surface area contributed by atoms with E-state index in [-0.39, 0.29) is 11.9 Å². The number of hydrogen-bond acceptors (Lipinski definition) is 3. The van der Waals surface area contributed by atoms with Gasteiger partial charge in [-0.05, 0) is 26.2 Å². The number of halogens is 1. The van der Waals surface area contributed by atoms with Gasteiger partial charge in [-0.25, -0.2) is 4.98 Å². The molecular weight excluding hydrogens is 256 g/mol. The molecule has 2 heterocycles. The number of carbonyl (C=O) groups excluding carboxylic acids is 1. The van der Waals surface area contributed by atoms with Crippen molar-refractivity contribution in [3.63, 3.8) is 0 Å². The molecule has 1 aliphatic heterocycles. The molecule has 0 aliphatic carbocycles. The first-order chi connectivity index (χ1) is 8.04. The third kappa shape index (κ3) is 2.33. The summed E-state index contributed by atoms with van der Waals surface area (Å²) in [7, 11) is 0. The van der Waals surface area contributed by atoms with Crippen LogP contribution in [-0.2, 0) is 0 Å². The van der Waals surface area contributed by atoms with Crippen LogP contribution in [0, 0.1) is 19.8 Å². The van der Waals surface area contributed by atoms with E-state index in [0.29, 0.717) is 11.8 Å². The number of nitrogens with zero attached hydrogens (tertiary/aromatic N) is 2. The molecule has 0 saturated carbocycles. The zero-order valence-corrected chi connectivity index (χ0v) is 11.9. The van der Waals surface area contributed by atoms with Crippen LogP contribution in [0.25, 0.3) is 0 Å². The van der Waals surface area contributed by atoms with Gasteiger partial charge in [-0.3, -0.25) is 4.79 Å². The Kier molecular flexibility index (Phi) is 3.73. The molecule has 17 heavy (non-hydrogen) atoms. The lowest BCUT2D eigenvalue weighted by atomic mass is 10.1. The van der Waals surface area contributed by atoms with Crippen molar-refractivity contribution < 1.29 is 4.79 Å². The highest BCUT2D eigenvalue weighted by atomic mass is 35.5. The molecule has 0 spiro atoms. The highest BCUT2D eigenvalue weighted by Gasteiger charge is 2.35. The van der Waals surface area contributed by atoms with E-state index in [1.165, 1.54) is 11.3 Å². The van der Waals surface area contributed by atoms with Crippen LogP contribution in [-0.4, -0.2) is 34.3 Å². The summed E-state index contributed by atoms with van der Waals surface area (Å²) < 4.78 is 0. The van der Waals surface area contributed by atoms with Crippen molar-refractivity contribution in [1.82, 2.24) is 9.88 Å². The minimum absolute atomic E-state index is 0.100. The first-order valence-electron chi connectivity index (χ1n) is 5.85. The number of carbonyl (C=O) groups is 1. The van der Waals surface area contributed by atoms with Crippen LogP contribution in [0.3, 0.4) is 0 Å². The highest BCUT2D eigenvalue weighted by Crippen LogP contribution is 2.28. The van der Waals surface area contributed by atoms with Gasteiger partial charge < -0.3 is 4.90 Å². The van der Waals surface area contributed by atoms with Gasteiger partial charge >= 0.3 is 0 Å². The second kappa shape index (κ2) is 4.94. The van der Waals surface area contributed by atoms with Crippen LogP contribution in [0.5, 0.6) is 0 Å². The van der Waals surface area contributed by atoms with Crippen molar-refractivity contribution in [1.29, 1.82) is 0 Å². The van der Waals surface area contributed by atoms with E-state index in [4.69, 9.17) is 11.6 Å². The number of thiazole rings is 1. The fraction of sp³-hybridized carbons (Fsp3) is 0.667. The summed E-state index contributed by atoms with van der Waals surface area (Å²) in [4.78, 5) is 19.4. The molecule has 0 radical (unpaired) electrons. The maximum Gasteiger partial charge on any atom is 0.266 e. The molecule has 2 rings (SSSR count). The SMILES string of the molecule is Cc1nc(C)c(C(=O)N2CCC(C)C2CCl)s1. The molecule has 2 atom stereocenters. The first kappa shape index (κ1) is 12.8. The second-order valence-electron chi connectivity index (χ2n) is 4.63. The van der Waals surface area contributed by atoms with Crippen LogP contribution in [0.2, 0.25) is 0 Å². The summed E-state index contributed by atoms with van der Waals surface area (Å²) in [5, 5.41) is 0.945. The molecule has 1 aliphatic rings. The molecule has 1 saturated heterocycles. The molecule has 0 N–H and O–H groups in total. The van der Waals surface area contributed by atoms with Gasteiger partial charge in [0.15, 0.2) is 0 Å². The predicted octanol–water partition coefficient (Wildman–Crippen LogP) is 2.85. The van der Waals surface area contributed by atoms with Crippen molar-refractivity contribution in [3.05, 3.63) is 15.6 Å². The lowest BCUT2D eigenvalue weighted by Crippen LogP contribution is -2.38. The normalized spacial score (nSPS) is 24.4. The van der Waals surface area contributed by atoms with Gasteiger partial charge in [0.2, 0.25) is 0 Å². The van der Waals surface area contributed by atoms with E-state index in [9.17, 15) is 4.79 Å². The van der Waals surface area contributed by atoms with Gasteiger partial charge in [-0.1, -0.05) is 6.92 Å². The smallest absolute Gasteiger partial charge is 0.266 e. The van der Waals surface area contributed by atoms with Gasteiger partial charge in [0, 0.05) is 18.5 Å². The van der Waals surface area contributed by atoms with Crippen LogP contribution in [0.4, 0.5) is 0 Å². The van der Waals surface area contributed by atoms with E-state index >= 15 is 0 Å². The van der Waals surface area contributed by atoms with Gasteiger partial charge in [0.25, 0.3) is 5.91 Å². The number of alkyl halides is 1. The third-order valence-corrected chi connectivity index (χ3v) is 4.78. The maximum atomic E-state index is 12.4. The molecule has 94 valence electrons. The van der Waals surface area contributed by atoms with E-state index in [2.05, 4.69) is 11.9 Å². The Balaban J connectivity index is 2.23. The van der Waals surface area contributed by atoms with E-state index in [1.54, 1.807) is 0 Å². The molecule has 2 unspecified atom stereocenters. The van der Waals surface area contributed by atoms with Gasteiger partial charge in [-0.2, -0.15) is 0 Å². The molecule has 1 fully saturated rings. The molecule has 1 aromatic rings. The van der Waals surface area contributed by atoms with Crippen molar-refractivity contribution >= 4 is 28.8 Å². The Bertz CT molecular complexity index is 432. The van der Waals surface area contributed by atoms with E-state index in [1.807, 2.05) is 18.7 Å². The average molecular weight is 273 g/mol. The Labute approximate surface area is 111 Å². The number of amides is 1. The predicted molar refractivity (Wildman–Crippen MR) is 70.9 cm³/mol. The zero-order valence-electron chi connectivity index (χ0n) is 10.4.